The van der Waals surface area contributed by atoms with Gasteiger partial charge in [-0.05, 0) is 11.4 Å². The Balaban J connectivity index is 1.87. The van der Waals surface area contributed by atoms with E-state index >= 15 is 0 Å². The number of rotatable bonds is 2. The van der Waals surface area contributed by atoms with Gasteiger partial charge in [-0.3, -0.25) is 4.79 Å². The van der Waals surface area contributed by atoms with Crippen molar-refractivity contribution in [3.05, 3.63) is 23.4 Å². The summed E-state index contributed by atoms with van der Waals surface area (Å²) in [6.07, 6.45) is 0. The molecule has 7 heteroatoms. The number of morpholine rings is 1. The van der Waals surface area contributed by atoms with Crippen molar-refractivity contribution in [2.45, 2.75) is 13.0 Å². The fourth-order valence-electron chi connectivity index (χ4n) is 2.06. The van der Waals surface area contributed by atoms with Gasteiger partial charge in [-0.15, -0.1) is 11.3 Å². The van der Waals surface area contributed by atoms with Gasteiger partial charge in [0.25, 0.3) is 5.89 Å². The lowest BCUT2D eigenvalue weighted by molar-refractivity contribution is -0.138. The second-order valence-electron chi connectivity index (χ2n) is 4.24. The van der Waals surface area contributed by atoms with Crippen molar-refractivity contribution in [3.63, 3.8) is 0 Å². The molecule has 3 heterocycles. The molecule has 1 atom stereocenters. The van der Waals surface area contributed by atoms with Crippen molar-refractivity contribution in [1.29, 1.82) is 0 Å². The minimum absolute atomic E-state index is 0.0100. The van der Waals surface area contributed by atoms with Crippen LogP contribution in [0.3, 0.4) is 0 Å². The molecule has 1 saturated heterocycles. The summed E-state index contributed by atoms with van der Waals surface area (Å²) in [5.41, 5.74) is 0. The van der Waals surface area contributed by atoms with Gasteiger partial charge in [0, 0.05) is 13.5 Å². The third kappa shape index (κ3) is 2.39. The van der Waals surface area contributed by atoms with E-state index in [1.54, 1.807) is 16.2 Å². The second kappa shape index (κ2) is 5.10. The van der Waals surface area contributed by atoms with Crippen LogP contribution in [0.4, 0.5) is 0 Å². The Hall–Kier alpha value is -1.73. The summed E-state index contributed by atoms with van der Waals surface area (Å²) in [5, 5.41) is 5.91. The van der Waals surface area contributed by atoms with Crippen molar-refractivity contribution in [1.82, 2.24) is 15.0 Å². The maximum absolute atomic E-state index is 11.6. The monoisotopic (exact) mass is 279 g/mol. The molecule has 3 rings (SSSR count). The first-order valence-corrected chi connectivity index (χ1v) is 6.86. The average molecular weight is 279 g/mol. The summed E-state index contributed by atoms with van der Waals surface area (Å²) in [6.45, 7) is 3.03. The van der Waals surface area contributed by atoms with Gasteiger partial charge in [-0.25, -0.2) is 0 Å². The number of ether oxygens (including phenoxy) is 1. The summed E-state index contributed by atoms with van der Waals surface area (Å²) >= 11 is 1.55. The highest BCUT2D eigenvalue weighted by Gasteiger charge is 2.31. The van der Waals surface area contributed by atoms with Gasteiger partial charge in [0.15, 0.2) is 0 Å². The van der Waals surface area contributed by atoms with Gasteiger partial charge in [0.1, 0.15) is 6.04 Å². The summed E-state index contributed by atoms with van der Waals surface area (Å²) in [4.78, 5) is 18.6. The van der Waals surface area contributed by atoms with Crippen LogP contribution in [0.5, 0.6) is 0 Å². The first-order chi connectivity index (χ1) is 9.25. The smallest absolute Gasteiger partial charge is 0.252 e. The van der Waals surface area contributed by atoms with Crippen LogP contribution >= 0.6 is 11.3 Å². The number of amides is 1. The minimum atomic E-state index is -0.285. The molecule has 1 aliphatic heterocycles. The molecule has 0 radical (unpaired) electrons. The van der Waals surface area contributed by atoms with Crippen LogP contribution in [-0.2, 0) is 9.53 Å². The Bertz CT molecular complexity index is 567. The Labute approximate surface area is 114 Å². The van der Waals surface area contributed by atoms with Gasteiger partial charge in [-0.2, -0.15) is 4.98 Å². The fourth-order valence-corrected chi connectivity index (χ4v) is 2.71. The summed E-state index contributed by atoms with van der Waals surface area (Å²) < 4.78 is 10.7. The van der Waals surface area contributed by atoms with Gasteiger partial charge >= 0.3 is 0 Å². The van der Waals surface area contributed by atoms with Gasteiger partial charge in [0.05, 0.1) is 18.1 Å². The molecular weight excluding hydrogens is 266 g/mol. The molecule has 1 aliphatic rings. The summed E-state index contributed by atoms with van der Waals surface area (Å²) in [6, 6.07) is 3.58. The molecule has 0 aromatic carbocycles. The van der Waals surface area contributed by atoms with Crippen LogP contribution in [0.15, 0.2) is 22.0 Å². The van der Waals surface area contributed by atoms with Crippen molar-refractivity contribution in [3.8, 4) is 10.7 Å². The molecule has 0 bridgehead atoms. The van der Waals surface area contributed by atoms with E-state index in [9.17, 15) is 4.79 Å². The van der Waals surface area contributed by atoms with Gasteiger partial charge in [-0.1, -0.05) is 11.2 Å². The first kappa shape index (κ1) is 12.3. The molecule has 0 saturated carbocycles. The Kier molecular flexibility index (Phi) is 3.31. The zero-order valence-corrected chi connectivity index (χ0v) is 11.2. The van der Waals surface area contributed by atoms with E-state index in [-0.39, 0.29) is 11.9 Å². The topological polar surface area (TPSA) is 68.5 Å². The molecule has 0 spiro atoms. The van der Waals surface area contributed by atoms with E-state index in [0.717, 1.165) is 4.88 Å². The Morgan fingerprint density at radius 1 is 1.58 bits per heavy atom. The standard InChI is InChI=1S/C12H13N3O3S/c1-8(16)15-4-5-17-7-9(15)12-13-11(14-18-12)10-3-2-6-19-10/h2-3,6,9H,4-5,7H2,1H3. The lowest BCUT2D eigenvalue weighted by Gasteiger charge is -2.32. The molecule has 6 nitrogen and oxygen atoms in total. The lowest BCUT2D eigenvalue weighted by Crippen LogP contribution is -2.42. The van der Waals surface area contributed by atoms with Gasteiger partial charge in [0.2, 0.25) is 11.7 Å². The highest BCUT2D eigenvalue weighted by atomic mass is 32.1. The number of hydrogen-bond donors (Lipinski definition) is 0. The van der Waals surface area contributed by atoms with Crippen molar-refractivity contribution < 1.29 is 14.1 Å². The molecule has 0 N–H and O–H groups in total. The van der Waals surface area contributed by atoms with Crippen molar-refractivity contribution in [2.24, 2.45) is 0 Å². The summed E-state index contributed by atoms with van der Waals surface area (Å²) in [5.74, 6) is 0.974. The maximum atomic E-state index is 11.6. The fraction of sp³-hybridized carbons (Fsp3) is 0.417. The predicted octanol–water partition coefficient (Wildman–Crippen LogP) is 1.72. The first-order valence-electron chi connectivity index (χ1n) is 5.98. The third-order valence-electron chi connectivity index (χ3n) is 3.00. The van der Waals surface area contributed by atoms with Crippen LogP contribution in [-0.4, -0.2) is 40.7 Å². The van der Waals surface area contributed by atoms with Crippen LogP contribution in [0.2, 0.25) is 0 Å². The largest absolute Gasteiger partial charge is 0.377 e. The molecular formula is C12H13N3O3S. The number of carbonyl (C=O) groups excluding carboxylic acids is 1. The molecule has 0 aliphatic carbocycles. The molecule has 1 amide bonds. The number of thiophene rings is 1. The van der Waals surface area contributed by atoms with Crippen LogP contribution in [0.25, 0.3) is 10.7 Å². The molecule has 2 aromatic rings. The molecule has 2 aromatic heterocycles. The highest BCUT2D eigenvalue weighted by molar-refractivity contribution is 7.13. The highest BCUT2D eigenvalue weighted by Crippen LogP contribution is 2.27. The predicted molar refractivity (Wildman–Crippen MR) is 68.6 cm³/mol. The van der Waals surface area contributed by atoms with E-state index in [1.807, 2.05) is 17.5 Å². The van der Waals surface area contributed by atoms with E-state index in [0.29, 0.717) is 31.5 Å². The minimum Gasteiger partial charge on any atom is -0.377 e. The van der Waals surface area contributed by atoms with E-state index in [2.05, 4.69) is 10.1 Å². The average Bonchev–Trinajstić information content (AvgIpc) is 3.09. The maximum Gasteiger partial charge on any atom is 0.252 e. The quantitative estimate of drug-likeness (QED) is 0.837. The number of carbonyl (C=O) groups is 1. The van der Waals surface area contributed by atoms with Crippen molar-refractivity contribution >= 4 is 17.2 Å². The normalized spacial score (nSPS) is 19.6. The van der Waals surface area contributed by atoms with Crippen LogP contribution < -0.4 is 0 Å². The van der Waals surface area contributed by atoms with E-state index < -0.39 is 0 Å². The lowest BCUT2D eigenvalue weighted by atomic mass is 10.2. The van der Waals surface area contributed by atoms with Gasteiger partial charge < -0.3 is 14.2 Å². The van der Waals surface area contributed by atoms with Crippen LogP contribution in [0, 0.1) is 0 Å². The number of aromatic nitrogens is 2. The number of nitrogens with zero attached hydrogens (tertiary/aromatic N) is 3. The van der Waals surface area contributed by atoms with E-state index in [1.165, 1.54) is 6.92 Å². The molecule has 100 valence electrons. The zero-order valence-electron chi connectivity index (χ0n) is 10.4. The third-order valence-corrected chi connectivity index (χ3v) is 3.87. The number of hydrogen-bond acceptors (Lipinski definition) is 6. The Morgan fingerprint density at radius 2 is 2.47 bits per heavy atom. The van der Waals surface area contributed by atoms with Crippen molar-refractivity contribution in [2.75, 3.05) is 19.8 Å². The van der Waals surface area contributed by atoms with Crippen LogP contribution in [0.1, 0.15) is 18.9 Å². The Morgan fingerprint density at radius 3 is 3.21 bits per heavy atom. The second-order valence-corrected chi connectivity index (χ2v) is 5.18. The summed E-state index contributed by atoms with van der Waals surface area (Å²) in [7, 11) is 0. The van der Waals surface area contributed by atoms with E-state index in [4.69, 9.17) is 9.26 Å². The molecule has 19 heavy (non-hydrogen) atoms. The molecule has 1 unspecified atom stereocenters. The zero-order chi connectivity index (χ0) is 13.2. The SMILES string of the molecule is CC(=O)N1CCOCC1c1nc(-c2cccs2)no1. The molecule has 1 fully saturated rings.